The Morgan fingerprint density at radius 1 is 0.833 bits per heavy atom. The average Bonchev–Trinajstić information content (AvgIpc) is 2.30. The molecule has 32 valence electrons. The fourth-order valence-corrected chi connectivity index (χ4v) is 2.50. The molecule has 6 heavy (non-hydrogen) atoms. The molecule has 0 nitrogen and oxygen atoms in total. The lowest BCUT2D eigenvalue weighted by Gasteiger charge is -1.83. The van der Waals surface area contributed by atoms with Gasteiger partial charge < -0.3 is 0 Å². The van der Waals surface area contributed by atoms with E-state index in [0.717, 1.165) is 0 Å². The van der Waals surface area contributed by atoms with Crippen molar-refractivity contribution >= 4 is 0 Å². The quantitative estimate of drug-likeness (QED) is 0.411. The van der Waals surface area contributed by atoms with Crippen LogP contribution in [0.25, 0.3) is 0 Å². The smallest absolute Gasteiger partial charge is 0.0318 e. The Morgan fingerprint density at radius 2 is 1.33 bits per heavy atom. The molecule has 0 radical (unpaired) electrons. The molecule has 0 unspecified atom stereocenters. The summed E-state index contributed by atoms with van der Waals surface area (Å²) >= 11 is 0. The van der Waals surface area contributed by atoms with Crippen LogP contribution in [0, 0.1) is 23.7 Å². The summed E-state index contributed by atoms with van der Waals surface area (Å²) in [6, 6.07) is 0. The van der Waals surface area contributed by atoms with Crippen LogP contribution >= 0.6 is 0 Å². The third-order valence-electron chi connectivity index (χ3n) is 2.97. The molecule has 0 aromatic rings. The van der Waals surface area contributed by atoms with Gasteiger partial charge in [0.25, 0.3) is 0 Å². The van der Waals surface area contributed by atoms with E-state index in [9.17, 15) is 0 Å². The first kappa shape index (κ1) is 2.34. The SMILES string of the molecule is C1CC2C3C1C23. The van der Waals surface area contributed by atoms with Crippen LogP contribution < -0.4 is 0 Å². The van der Waals surface area contributed by atoms with Gasteiger partial charge in [0.1, 0.15) is 0 Å². The van der Waals surface area contributed by atoms with Crippen molar-refractivity contribution < 1.29 is 0 Å². The maximum atomic E-state index is 1.60. The van der Waals surface area contributed by atoms with E-state index in [-0.39, 0.29) is 0 Å². The van der Waals surface area contributed by atoms with E-state index in [1.807, 2.05) is 0 Å². The van der Waals surface area contributed by atoms with Crippen molar-refractivity contribution in [2.75, 3.05) is 0 Å². The van der Waals surface area contributed by atoms with E-state index < -0.39 is 0 Å². The molecule has 4 rings (SSSR count). The summed E-state index contributed by atoms with van der Waals surface area (Å²) in [7, 11) is 0. The minimum atomic E-state index is 1.27. The molecule has 0 aromatic heterocycles. The number of hydrogen-bond acceptors (Lipinski definition) is 0. The van der Waals surface area contributed by atoms with Gasteiger partial charge in [-0.2, -0.15) is 0 Å². The summed E-state index contributed by atoms with van der Waals surface area (Å²) in [6.07, 6.45) is 3.19. The van der Waals surface area contributed by atoms with Crippen molar-refractivity contribution in [2.45, 2.75) is 12.8 Å². The summed E-state index contributed by atoms with van der Waals surface area (Å²) in [5.41, 5.74) is 0. The number of fused-ring (bicyclic) bond motifs is 1. The second-order valence-electron chi connectivity index (χ2n) is 3.06. The molecule has 0 N–H and O–H groups in total. The topological polar surface area (TPSA) is 0 Å². The predicted octanol–water partition coefficient (Wildman–Crippen LogP) is 1.27. The molecule has 0 heterocycles. The summed E-state index contributed by atoms with van der Waals surface area (Å²) in [6.45, 7) is 0. The Hall–Kier alpha value is 0. The van der Waals surface area contributed by atoms with Gasteiger partial charge in [0.2, 0.25) is 0 Å². The van der Waals surface area contributed by atoms with E-state index in [1.54, 1.807) is 12.8 Å². The van der Waals surface area contributed by atoms with Gasteiger partial charge in [0.05, 0.1) is 0 Å². The first-order chi connectivity index (χ1) is 2.98. The van der Waals surface area contributed by atoms with Gasteiger partial charge in [-0.15, -0.1) is 0 Å². The standard InChI is InChI=1S/C6H8/c1-2-4-5-3(1)6(4)5/h3-6H,1-2H2. The molecular formula is C6H8. The van der Waals surface area contributed by atoms with Gasteiger partial charge in [-0.25, -0.2) is 0 Å². The fraction of sp³-hybridized carbons (Fsp3) is 1.00. The van der Waals surface area contributed by atoms with Gasteiger partial charge in [-0.05, 0) is 36.5 Å². The van der Waals surface area contributed by atoms with E-state index >= 15 is 0 Å². The average molecular weight is 80.1 g/mol. The van der Waals surface area contributed by atoms with Crippen LogP contribution in [0.15, 0.2) is 0 Å². The van der Waals surface area contributed by atoms with E-state index in [0.29, 0.717) is 0 Å². The van der Waals surface area contributed by atoms with Crippen LogP contribution in [-0.4, -0.2) is 0 Å². The summed E-state index contributed by atoms with van der Waals surface area (Å²) < 4.78 is 0. The van der Waals surface area contributed by atoms with Gasteiger partial charge >= 0.3 is 0 Å². The Balaban J connectivity index is 2.21. The Labute approximate surface area is 37.5 Å². The second-order valence-corrected chi connectivity index (χ2v) is 3.06. The summed E-state index contributed by atoms with van der Waals surface area (Å²) in [4.78, 5) is 0. The molecule has 4 aliphatic carbocycles. The van der Waals surface area contributed by atoms with Crippen LogP contribution in [0.4, 0.5) is 0 Å². The van der Waals surface area contributed by atoms with E-state index in [4.69, 9.17) is 0 Å². The largest absolute Gasteiger partial charge is 0.0496 e. The molecule has 4 fully saturated rings. The Kier molecular flexibility index (Phi) is 0.159. The predicted molar refractivity (Wildman–Crippen MR) is 23.2 cm³/mol. The Morgan fingerprint density at radius 3 is 1.50 bits per heavy atom. The van der Waals surface area contributed by atoms with Crippen molar-refractivity contribution in [3.63, 3.8) is 0 Å². The lowest BCUT2D eigenvalue weighted by molar-refractivity contribution is 0.648. The minimum absolute atomic E-state index is 1.27. The van der Waals surface area contributed by atoms with Crippen LogP contribution in [0.1, 0.15) is 12.8 Å². The second kappa shape index (κ2) is 0.408. The molecule has 0 spiro atoms. The fourth-order valence-electron chi connectivity index (χ4n) is 2.50. The molecular weight excluding hydrogens is 72.1 g/mol. The van der Waals surface area contributed by atoms with Crippen molar-refractivity contribution in [1.29, 1.82) is 0 Å². The highest BCUT2D eigenvalue weighted by Crippen LogP contribution is 2.81. The first-order valence-corrected chi connectivity index (χ1v) is 2.98. The maximum Gasteiger partial charge on any atom is -0.0318 e. The monoisotopic (exact) mass is 80.1 g/mol. The number of rotatable bonds is 0. The normalized spacial score (nSPS) is 80.0. The third-order valence-corrected chi connectivity index (χ3v) is 2.97. The van der Waals surface area contributed by atoms with Crippen molar-refractivity contribution in [3.8, 4) is 0 Å². The van der Waals surface area contributed by atoms with Gasteiger partial charge in [0, 0.05) is 0 Å². The molecule has 0 saturated heterocycles. The van der Waals surface area contributed by atoms with Crippen molar-refractivity contribution in [3.05, 3.63) is 0 Å². The van der Waals surface area contributed by atoms with E-state index in [2.05, 4.69) is 0 Å². The molecule has 2 bridgehead atoms. The summed E-state index contributed by atoms with van der Waals surface area (Å²) in [5, 5.41) is 0. The number of hydrogen-bond donors (Lipinski definition) is 0. The third kappa shape index (κ3) is 0.0816. The zero-order valence-electron chi connectivity index (χ0n) is 3.72. The molecule has 0 heteroatoms. The van der Waals surface area contributed by atoms with E-state index in [1.165, 1.54) is 23.7 Å². The van der Waals surface area contributed by atoms with Crippen LogP contribution in [0.3, 0.4) is 0 Å². The van der Waals surface area contributed by atoms with Crippen molar-refractivity contribution in [2.24, 2.45) is 23.7 Å². The van der Waals surface area contributed by atoms with Crippen LogP contribution in [-0.2, 0) is 0 Å². The molecule has 0 aromatic carbocycles. The molecule has 0 amide bonds. The van der Waals surface area contributed by atoms with Crippen molar-refractivity contribution in [1.82, 2.24) is 0 Å². The van der Waals surface area contributed by atoms with Gasteiger partial charge in [-0.3, -0.25) is 0 Å². The highest BCUT2D eigenvalue weighted by atomic mass is 14.8. The van der Waals surface area contributed by atoms with Gasteiger partial charge in [-0.1, -0.05) is 0 Å². The molecule has 0 aliphatic heterocycles. The lowest BCUT2D eigenvalue weighted by atomic mass is 10.2. The highest BCUT2D eigenvalue weighted by molar-refractivity contribution is 5.23. The Bertz CT molecular complexity index is 72.6. The summed E-state index contributed by atoms with van der Waals surface area (Å²) in [5.74, 6) is 5.14. The molecule has 0 atom stereocenters. The zero-order chi connectivity index (χ0) is 3.72. The van der Waals surface area contributed by atoms with Gasteiger partial charge in [0.15, 0.2) is 0 Å². The zero-order valence-corrected chi connectivity index (χ0v) is 3.72. The maximum absolute atomic E-state index is 1.60. The first-order valence-electron chi connectivity index (χ1n) is 2.98. The molecule has 4 aliphatic rings. The lowest BCUT2D eigenvalue weighted by Crippen LogP contribution is -1.78. The van der Waals surface area contributed by atoms with Crippen LogP contribution in [0.2, 0.25) is 0 Å². The van der Waals surface area contributed by atoms with Crippen LogP contribution in [0.5, 0.6) is 0 Å². The molecule has 4 saturated carbocycles. The minimum Gasteiger partial charge on any atom is -0.0496 e. The highest BCUT2D eigenvalue weighted by Gasteiger charge is 2.76.